The molecule has 1 aromatic carbocycles. The number of nitrogens with one attached hydrogen (secondary N) is 1. The Labute approximate surface area is 122 Å². The van der Waals surface area contributed by atoms with E-state index < -0.39 is 10.7 Å². The van der Waals surface area contributed by atoms with E-state index in [-0.39, 0.29) is 5.69 Å². The fourth-order valence-corrected chi connectivity index (χ4v) is 2.92. The predicted octanol–water partition coefficient (Wildman–Crippen LogP) is 0.823. The maximum atomic E-state index is 13.3. The zero-order valence-electron chi connectivity index (χ0n) is 11.8. The second-order valence-corrected chi connectivity index (χ2v) is 5.65. The molecule has 1 N–H and O–H groups in total. The third-order valence-corrected chi connectivity index (χ3v) is 4.32. The predicted molar refractivity (Wildman–Crippen MR) is 76.6 cm³/mol. The molecule has 7 heteroatoms. The Balaban J connectivity index is 1.62. The standard InChI is InChI=1S/C14H19FN4O2/c15-12-1-2-14(19(20)21)11(7-12)10-17-3-5-18(6-4-17)13-8-16-9-13/h1-2,7,13,16H,3-6,8-10H2. The Kier molecular flexibility index (Phi) is 4.14. The molecule has 2 saturated heterocycles. The van der Waals surface area contributed by atoms with Gasteiger partial charge in [-0.15, -0.1) is 0 Å². The van der Waals surface area contributed by atoms with Crippen molar-refractivity contribution in [3.8, 4) is 0 Å². The van der Waals surface area contributed by atoms with Crippen molar-refractivity contribution in [3.63, 3.8) is 0 Å². The Morgan fingerprint density at radius 1 is 1.29 bits per heavy atom. The maximum Gasteiger partial charge on any atom is 0.274 e. The lowest BCUT2D eigenvalue weighted by Gasteiger charge is -2.43. The quantitative estimate of drug-likeness (QED) is 0.658. The molecule has 114 valence electrons. The van der Waals surface area contributed by atoms with Crippen LogP contribution in [0.5, 0.6) is 0 Å². The van der Waals surface area contributed by atoms with E-state index in [9.17, 15) is 14.5 Å². The van der Waals surface area contributed by atoms with E-state index in [0.29, 0.717) is 18.2 Å². The van der Waals surface area contributed by atoms with Crippen LogP contribution in [0.1, 0.15) is 5.56 Å². The molecular formula is C14H19FN4O2. The summed E-state index contributed by atoms with van der Waals surface area (Å²) >= 11 is 0. The van der Waals surface area contributed by atoms with Crippen LogP contribution in [0.15, 0.2) is 18.2 Å². The topological polar surface area (TPSA) is 61.7 Å². The number of nitro benzene ring substituents is 1. The molecule has 3 rings (SSSR count). The van der Waals surface area contributed by atoms with Crippen molar-refractivity contribution >= 4 is 5.69 Å². The van der Waals surface area contributed by atoms with Crippen LogP contribution >= 0.6 is 0 Å². The molecule has 1 aromatic rings. The highest BCUT2D eigenvalue weighted by Gasteiger charge is 2.28. The first kappa shape index (κ1) is 14.4. The van der Waals surface area contributed by atoms with Gasteiger partial charge in [0.2, 0.25) is 0 Å². The fourth-order valence-electron chi connectivity index (χ4n) is 2.92. The number of halogens is 1. The number of piperazine rings is 1. The maximum absolute atomic E-state index is 13.3. The molecule has 0 bridgehead atoms. The zero-order chi connectivity index (χ0) is 14.8. The average molecular weight is 294 g/mol. The van der Waals surface area contributed by atoms with E-state index in [1.54, 1.807) is 0 Å². The molecule has 0 radical (unpaired) electrons. The highest BCUT2D eigenvalue weighted by molar-refractivity contribution is 5.40. The molecule has 0 saturated carbocycles. The Morgan fingerprint density at radius 2 is 2.00 bits per heavy atom. The zero-order valence-corrected chi connectivity index (χ0v) is 11.8. The Hall–Kier alpha value is -1.57. The molecule has 21 heavy (non-hydrogen) atoms. The number of rotatable bonds is 4. The summed E-state index contributed by atoms with van der Waals surface area (Å²) in [6, 6.07) is 4.31. The smallest absolute Gasteiger partial charge is 0.274 e. The molecule has 0 spiro atoms. The minimum atomic E-state index is -0.439. The fraction of sp³-hybridized carbons (Fsp3) is 0.571. The van der Waals surface area contributed by atoms with Crippen LogP contribution in [-0.2, 0) is 6.54 Å². The van der Waals surface area contributed by atoms with Crippen LogP contribution in [0.25, 0.3) is 0 Å². The second-order valence-electron chi connectivity index (χ2n) is 5.65. The number of benzene rings is 1. The van der Waals surface area contributed by atoms with E-state index >= 15 is 0 Å². The molecular weight excluding hydrogens is 275 g/mol. The molecule has 0 atom stereocenters. The van der Waals surface area contributed by atoms with Crippen LogP contribution in [0.4, 0.5) is 10.1 Å². The molecule has 2 fully saturated rings. The molecule has 6 nitrogen and oxygen atoms in total. The van der Waals surface area contributed by atoms with Crippen molar-refractivity contribution in [1.29, 1.82) is 0 Å². The minimum absolute atomic E-state index is 0.00187. The van der Waals surface area contributed by atoms with Crippen molar-refractivity contribution in [3.05, 3.63) is 39.7 Å². The van der Waals surface area contributed by atoms with E-state index in [1.165, 1.54) is 12.1 Å². The third-order valence-electron chi connectivity index (χ3n) is 4.32. The van der Waals surface area contributed by atoms with Crippen LogP contribution < -0.4 is 5.32 Å². The van der Waals surface area contributed by atoms with Crippen LogP contribution in [-0.4, -0.2) is 60.0 Å². The summed E-state index contributed by atoms with van der Waals surface area (Å²) in [7, 11) is 0. The van der Waals surface area contributed by atoms with Crippen molar-refractivity contribution in [2.75, 3.05) is 39.3 Å². The van der Waals surface area contributed by atoms with E-state index in [4.69, 9.17) is 0 Å². The van der Waals surface area contributed by atoms with Gasteiger partial charge in [-0.05, 0) is 12.1 Å². The largest absolute Gasteiger partial charge is 0.314 e. The lowest BCUT2D eigenvalue weighted by molar-refractivity contribution is -0.385. The van der Waals surface area contributed by atoms with Gasteiger partial charge in [0.15, 0.2) is 0 Å². The summed E-state index contributed by atoms with van der Waals surface area (Å²) in [4.78, 5) is 15.2. The number of hydrogen-bond acceptors (Lipinski definition) is 5. The molecule has 0 aromatic heterocycles. The summed E-state index contributed by atoms with van der Waals surface area (Å²) in [6.45, 7) is 6.20. The van der Waals surface area contributed by atoms with Crippen molar-refractivity contribution in [1.82, 2.24) is 15.1 Å². The minimum Gasteiger partial charge on any atom is -0.314 e. The van der Waals surface area contributed by atoms with Gasteiger partial charge in [-0.3, -0.25) is 19.9 Å². The summed E-state index contributed by atoms with van der Waals surface area (Å²) in [5.41, 5.74) is 0.459. The van der Waals surface area contributed by atoms with E-state index in [2.05, 4.69) is 15.1 Å². The van der Waals surface area contributed by atoms with Crippen molar-refractivity contribution in [2.24, 2.45) is 0 Å². The number of nitro groups is 1. The van der Waals surface area contributed by atoms with Crippen molar-refractivity contribution < 1.29 is 9.31 Å². The Morgan fingerprint density at radius 3 is 2.57 bits per heavy atom. The molecule has 2 heterocycles. The SMILES string of the molecule is O=[N+]([O-])c1ccc(F)cc1CN1CCN(C2CNC2)CC1. The summed E-state index contributed by atoms with van der Waals surface area (Å²) < 4.78 is 13.3. The lowest BCUT2D eigenvalue weighted by atomic mass is 10.1. The van der Waals surface area contributed by atoms with Gasteiger partial charge in [-0.2, -0.15) is 0 Å². The van der Waals surface area contributed by atoms with Gasteiger partial charge < -0.3 is 5.32 Å². The van der Waals surface area contributed by atoms with E-state index in [0.717, 1.165) is 45.3 Å². The monoisotopic (exact) mass is 294 g/mol. The van der Waals surface area contributed by atoms with Gasteiger partial charge in [0.25, 0.3) is 5.69 Å². The number of nitrogens with zero attached hydrogens (tertiary/aromatic N) is 3. The normalized spacial score (nSPS) is 21.2. The van der Waals surface area contributed by atoms with Crippen LogP contribution in [0.2, 0.25) is 0 Å². The lowest BCUT2D eigenvalue weighted by Crippen LogP contribution is -2.61. The molecule has 2 aliphatic heterocycles. The summed E-state index contributed by atoms with van der Waals surface area (Å²) in [5, 5.41) is 14.3. The highest BCUT2D eigenvalue weighted by atomic mass is 19.1. The van der Waals surface area contributed by atoms with Crippen LogP contribution in [0, 0.1) is 15.9 Å². The van der Waals surface area contributed by atoms with Gasteiger partial charge in [0, 0.05) is 63.5 Å². The summed E-state index contributed by atoms with van der Waals surface area (Å²) in [5.74, 6) is -0.422. The number of hydrogen-bond donors (Lipinski definition) is 1. The molecule has 0 aliphatic carbocycles. The first-order valence-electron chi connectivity index (χ1n) is 7.23. The van der Waals surface area contributed by atoms with Gasteiger partial charge in [-0.1, -0.05) is 0 Å². The molecule has 2 aliphatic rings. The van der Waals surface area contributed by atoms with Gasteiger partial charge in [0.05, 0.1) is 4.92 Å². The van der Waals surface area contributed by atoms with Gasteiger partial charge in [-0.25, -0.2) is 4.39 Å². The third kappa shape index (κ3) is 3.20. The summed E-state index contributed by atoms with van der Waals surface area (Å²) in [6.07, 6.45) is 0. The second kappa shape index (κ2) is 6.05. The Bertz CT molecular complexity index is 528. The van der Waals surface area contributed by atoms with Crippen molar-refractivity contribution in [2.45, 2.75) is 12.6 Å². The van der Waals surface area contributed by atoms with Crippen LogP contribution in [0.3, 0.4) is 0 Å². The van der Waals surface area contributed by atoms with E-state index in [1.807, 2.05) is 0 Å². The highest BCUT2D eigenvalue weighted by Crippen LogP contribution is 2.22. The molecule has 0 unspecified atom stereocenters. The van der Waals surface area contributed by atoms with Gasteiger partial charge >= 0.3 is 0 Å². The average Bonchev–Trinajstić information content (AvgIpc) is 2.38. The first-order chi connectivity index (χ1) is 10.1. The first-order valence-corrected chi connectivity index (χ1v) is 7.23. The van der Waals surface area contributed by atoms with Gasteiger partial charge in [0.1, 0.15) is 5.82 Å². The molecule has 0 amide bonds.